The summed E-state index contributed by atoms with van der Waals surface area (Å²) in [6, 6.07) is 4.88. The Kier molecular flexibility index (Phi) is 6.98. The quantitative estimate of drug-likeness (QED) is 0.629. The van der Waals surface area contributed by atoms with Crippen molar-refractivity contribution in [3.63, 3.8) is 0 Å². The molecular weight excluding hydrogens is 298 g/mol. The average molecular weight is 316 g/mol. The summed E-state index contributed by atoms with van der Waals surface area (Å²) < 4.78 is 4.99. The highest BCUT2D eigenvalue weighted by Crippen LogP contribution is 2.20. The third-order valence-corrected chi connectivity index (χ3v) is 3.16. The van der Waals surface area contributed by atoms with Gasteiger partial charge < -0.3 is 20.3 Å². The fourth-order valence-electron chi connectivity index (χ4n) is 1.74. The number of carboxylic acid groups (broad SMARTS) is 1. The molecule has 0 heterocycles. The van der Waals surface area contributed by atoms with Gasteiger partial charge in [-0.25, -0.2) is 4.79 Å². The Hall–Kier alpha value is -1.79. The number of aliphatic hydroxyl groups is 1. The minimum Gasteiger partial charge on any atom is -0.497 e. The standard InChI is InChI=1S/C14H18ClNO5/c1-21-10-6-4-9(5-7-10)13(18)12(14(19)20)16-11(17)3-2-8-15/h4-7,12-13,18H,2-3,8H2,1H3,(H,16,17)(H,19,20). The average Bonchev–Trinajstić information content (AvgIpc) is 2.49. The molecule has 2 atom stereocenters. The highest BCUT2D eigenvalue weighted by atomic mass is 35.5. The van der Waals surface area contributed by atoms with E-state index in [9.17, 15) is 14.7 Å². The molecule has 3 N–H and O–H groups in total. The van der Waals surface area contributed by atoms with Gasteiger partial charge in [0.1, 0.15) is 11.9 Å². The smallest absolute Gasteiger partial charge is 0.329 e. The Morgan fingerprint density at radius 1 is 1.33 bits per heavy atom. The number of aliphatic carboxylic acids is 1. The molecule has 0 saturated carbocycles. The van der Waals surface area contributed by atoms with Crippen LogP contribution in [0.15, 0.2) is 24.3 Å². The molecule has 21 heavy (non-hydrogen) atoms. The number of nitrogens with one attached hydrogen (secondary N) is 1. The number of halogens is 1. The number of carbonyl (C=O) groups excluding carboxylic acids is 1. The SMILES string of the molecule is COc1ccc(C(O)C(NC(=O)CCCCl)C(=O)O)cc1. The van der Waals surface area contributed by atoms with Gasteiger partial charge in [-0.3, -0.25) is 4.79 Å². The van der Waals surface area contributed by atoms with E-state index < -0.39 is 24.0 Å². The number of hydrogen-bond acceptors (Lipinski definition) is 4. The van der Waals surface area contributed by atoms with Crippen LogP contribution in [0.4, 0.5) is 0 Å². The number of carbonyl (C=O) groups is 2. The number of benzene rings is 1. The molecule has 1 aromatic carbocycles. The van der Waals surface area contributed by atoms with Gasteiger partial charge in [-0.15, -0.1) is 11.6 Å². The molecule has 2 unspecified atom stereocenters. The maximum absolute atomic E-state index is 11.6. The van der Waals surface area contributed by atoms with Crippen molar-refractivity contribution in [2.45, 2.75) is 25.0 Å². The molecule has 116 valence electrons. The third kappa shape index (κ3) is 5.24. The fraction of sp³-hybridized carbons (Fsp3) is 0.429. The van der Waals surface area contributed by atoms with Crippen LogP contribution in [-0.2, 0) is 9.59 Å². The van der Waals surface area contributed by atoms with Gasteiger partial charge in [0, 0.05) is 12.3 Å². The fourth-order valence-corrected chi connectivity index (χ4v) is 1.88. The first kappa shape index (κ1) is 17.3. The summed E-state index contributed by atoms with van der Waals surface area (Å²) in [5.41, 5.74) is 0.376. The summed E-state index contributed by atoms with van der Waals surface area (Å²) in [6.45, 7) is 0. The summed E-state index contributed by atoms with van der Waals surface area (Å²) in [7, 11) is 1.50. The van der Waals surface area contributed by atoms with E-state index >= 15 is 0 Å². The lowest BCUT2D eigenvalue weighted by Gasteiger charge is -2.21. The second-order valence-corrected chi connectivity index (χ2v) is 4.77. The van der Waals surface area contributed by atoms with Gasteiger partial charge in [0.25, 0.3) is 0 Å². The Bertz CT molecular complexity index is 477. The minimum atomic E-state index is -1.42. The van der Waals surface area contributed by atoms with E-state index in [2.05, 4.69) is 5.32 Å². The van der Waals surface area contributed by atoms with Crippen LogP contribution in [0, 0.1) is 0 Å². The van der Waals surface area contributed by atoms with E-state index in [1.165, 1.54) is 7.11 Å². The molecule has 0 fully saturated rings. The molecule has 1 aromatic rings. The second kappa shape index (κ2) is 8.49. The lowest BCUT2D eigenvalue weighted by atomic mass is 10.0. The van der Waals surface area contributed by atoms with Crippen LogP contribution in [0.1, 0.15) is 24.5 Å². The van der Waals surface area contributed by atoms with Crippen LogP contribution in [0.2, 0.25) is 0 Å². The van der Waals surface area contributed by atoms with E-state index in [-0.39, 0.29) is 6.42 Å². The maximum atomic E-state index is 11.6. The molecule has 0 bridgehead atoms. The zero-order valence-electron chi connectivity index (χ0n) is 11.6. The van der Waals surface area contributed by atoms with Crippen molar-refractivity contribution in [1.82, 2.24) is 5.32 Å². The first-order valence-electron chi connectivity index (χ1n) is 6.39. The zero-order chi connectivity index (χ0) is 15.8. The molecule has 0 aliphatic rings. The number of hydrogen-bond donors (Lipinski definition) is 3. The summed E-state index contributed by atoms with van der Waals surface area (Å²) in [4.78, 5) is 22.8. The predicted molar refractivity (Wildman–Crippen MR) is 77.5 cm³/mol. The molecular formula is C14H18ClNO5. The first-order chi connectivity index (χ1) is 9.99. The lowest BCUT2D eigenvalue weighted by Crippen LogP contribution is -2.45. The van der Waals surface area contributed by atoms with E-state index in [1.807, 2.05) is 0 Å². The normalized spacial score (nSPS) is 13.3. The van der Waals surface area contributed by atoms with E-state index in [0.717, 1.165) is 0 Å². The van der Waals surface area contributed by atoms with Gasteiger partial charge in [0.05, 0.1) is 7.11 Å². The van der Waals surface area contributed by atoms with Gasteiger partial charge >= 0.3 is 5.97 Å². The Labute approximate surface area is 127 Å². The van der Waals surface area contributed by atoms with Gasteiger partial charge in [-0.1, -0.05) is 12.1 Å². The molecule has 0 spiro atoms. The van der Waals surface area contributed by atoms with Gasteiger partial charge in [-0.2, -0.15) is 0 Å². The van der Waals surface area contributed by atoms with Crippen molar-refractivity contribution >= 4 is 23.5 Å². The second-order valence-electron chi connectivity index (χ2n) is 4.39. The molecule has 0 saturated heterocycles. The number of carboxylic acids is 1. The van der Waals surface area contributed by atoms with E-state index in [1.54, 1.807) is 24.3 Å². The summed E-state index contributed by atoms with van der Waals surface area (Å²) >= 11 is 5.47. The van der Waals surface area contributed by atoms with Crippen molar-refractivity contribution in [2.24, 2.45) is 0 Å². The maximum Gasteiger partial charge on any atom is 0.329 e. The highest BCUT2D eigenvalue weighted by molar-refractivity contribution is 6.17. The molecule has 7 heteroatoms. The van der Waals surface area contributed by atoms with Crippen LogP contribution < -0.4 is 10.1 Å². The predicted octanol–water partition coefficient (Wildman–Crippen LogP) is 1.32. The Balaban J connectivity index is 2.78. The van der Waals surface area contributed by atoms with Crippen molar-refractivity contribution in [1.29, 1.82) is 0 Å². The Morgan fingerprint density at radius 3 is 2.43 bits per heavy atom. The van der Waals surface area contributed by atoms with Crippen LogP contribution in [0.3, 0.4) is 0 Å². The molecule has 1 rings (SSSR count). The third-order valence-electron chi connectivity index (χ3n) is 2.89. The number of rotatable bonds is 8. The summed E-state index contributed by atoms with van der Waals surface area (Å²) in [5, 5.41) is 21.6. The molecule has 6 nitrogen and oxygen atoms in total. The monoisotopic (exact) mass is 315 g/mol. The molecule has 0 aliphatic heterocycles. The van der Waals surface area contributed by atoms with Crippen molar-refractivity contribution in [3.05, 3.63) is 29.8 Å². The van der Waals surface area contributed by atoms with Crippen molar-refractivity contribution < 1.29 is 24.5 Å². The number of methoxy groups -OCH3 is 1. The topological polar surface area (TPSA) is 95.9 Å². The van der Waals surface area contributed by atoms with Gasteiger partial charge in [0.15, 0.2) is 6.04 Å². The van der Waals surface area contributed by atoms with E-state index in [4.69, 9.17) is 21.4 Å². The van der Waals surface area contributed by atoms with Crippen molar-refractivity contribution in [3.8, 4) is 5.75 Å². The largest absolute Gasteiger partial charge is 0.497 e. The molecule has 0 aliphatic carbocycles. The summed E-state index contributed by atoms with van der Waals surface area (Å²) in [5.74, 6) is -0.872. The Morgan fingerprint density at radius 2 is 1.95 bits per heavy atom. The first-order valence-corrected chi connectivity index (χ1v) is 6.93. The molecule has 0 radical (unpaired) electrons. The number of amides is 1. The molecule has 0 aromatic heterocycles. The van der Waals surface area contributed by atoms with Crippen LogP contribution in [0.25, 0.3) is 0 Å². The van der Waals surface area contributed by atoms with Gasteiger partial charge in [0.2, 0.25) is 5.91 Å². The molecule has 1 amide bonds. The van der Waals surface area contributed by atoms with Crippen LogP contribution in [-0.4, -0.2) is 41.1 Å². The minimum absolute atomic E-state index is 0.114. The zero-order valence-corrected chi connectivity index (χ0v) is 12.3. The number of aliphatic hydroxyl groups excluding tert-OH is 1. The summed E-state index contributed by atoms with van der Waals surface area (Å²) in [6.07, 6.45) is -0.797. The number of alkyl halides is 1. The van der Waals surface area contributed by atoms with Crippen LogP contribution >= 0.6 is 11.6 Å². The highest BCUT2D eigenvalue weighted by Gasteiger charge is 2.29. The van der Waals surface area contributed by atoms with Crippen molar-refractivity contribution in [2.75, 3.05) is 13.0 Å². The lowest BCUT2D eigenvalue weighted by molar-refractivity contribution is -0.145. The van der Waals surface area contributed by atoms with E-state index in [0.29, 0.717) is 23.6 Å². The number of ether oxygens (including phenoxy) is 1. The van der Waals surface area contributed by atoms with Crippen LogP contribution in [0.5, 0.6) is 5.75 Å². The van der Waals surface area contributed by atoms with Gasteiger partial charge in [-0.05, 0) is 24.1 Å².